The van der Waals surface area contributed by atoms with Crippen LogP contribution in [0.3, 0.4) is 0 Å². The van der Waals surface area contributed by atoms with Crippen LogP contribution in [0.4, 0.5) is 15.8 Å². The van der Waals surface area contributed by atoms with Crippen LogP contribution in [-0.2, 0) is 9.53 Å². The minimum Gasteiger partial charge on any atom is -0.449 e. The van der Waals surface area contributed by atoms with Gasteiger partial charge in [0.25, 0.3) is 11.8 Å². The van der Waals surface area contributed by atoms with E-state index in [1.165, 1.54) is 42.5 Å². The van der Waals surface area contributed by atoms with Crippen molar-refractivity contribution in [1.82, 2.24) is 0 Å². The number of hydrogen-bond donors (Lipinski definition) is 2. The number of benzene rings is 2. The maximum absolute atomic E-state index is 13.7. The molecule has 0 aliphatic rings. The van der Waals surface area contributed by atoms with Gasteiger partial charge in [0.15, 0.2) is 6.10 Å². The van der Waals surface area contributed by atoms with Gasteiger partial charge in [0, 0.05) is 0 Å². The van der Waals surface area contributed by atoms with Crippen LogP contribution in [0.2, 0.25) is 0 Å². The Balaban J connectivity index is 1.68. The summed E-state index contributed by atoms with van der Waals surface area (Å²) in [6.07, 6.45) is -1.18. The normalized spacial score (nSPS) is 11.4. The van der Waals surface area contributed by atoms with Crippen LogP contribution in [0.25, 0.3) is 0 Å². The molecule has 8 heteroatoms. The summed E-state index contributed by atoms with van der Waals surface area (Å²) in [5.41, 5.74) is 0.351. The molecule has 0 radical (unpaired) electrons. The largest absolute Gasteiger partial charge is 0.449 e. The van der Waals surface area contributed by atoms with E-state index < -0.39 is 23.8 Å². The predicted octanol–water partition coefficient (Wildman–Crippen LogP) is 4.32. The fraction of sp³-hybridized carbons (Fsp3) is 0.0952. The fourth-order valence-corrected chi connectivity index (χ4v) is 3.06. The van der Waals surface area contributed by atoms with E-state index in [0.29, 0.717) is 4.88 Å². The van der Waals surface area contributed by atoms with Gasteiger partial charge >= 0.3 is 5.97 Å². The van der Waals surface area contributed by atoms with Crippen molar-refractivity contribution in [2.75, 3.05) is 10.6 Å². The number of para-hydroxylation sites is 2. The number of hydrogen-bond acceptors (Lipinski definition) is 5. The zero-order valence-electron chi connectivity index (χ0n) is 15.3. The molecule has 2 amide bonds. The summed E-state index contributed by atoms with van der Waals surface area (Å²) in [6, 6.07) is 15.4. The van der Waals surface area contributed by atoms with Gasteiger partial charge < -0.3 is 15.4 Å². The molecule has 1 unspecified atom stereocenters. The third-order valence-electron chi connectivity index (χ3n) is 3.92. The molecule has 2 N–H and O–H groups in total. The molecule has 0 aliphatic heterocycles. The lowest BCUT2D eigenvalue weighted by molar-refractivity contribution is -0.123. The molecule has 148 valence electrons. The monoisotopic (exact) mass is 412 g/mol. The molecule has 0 spiro atoms. The summed E-state index contributed by atoms with van der Waals surface area (Å²) in [7, 11) is 0. The summed E-state index contributed by atoms with van der Waals surface area (Å²) in [5, 5.41) is 6.81. The third-order valence-corrected chi connectivity index (χ3v) is 4.79. The zero-order chi connectivity index (χ0) is 20.8. The maximum atomic E-state index is 13.7. The number of nitrogens with one attached hydrogen (secondary N) is 2. The maximum Gasteiger partial charge on any atom is 0.341 e. The SMILES string of the molecule is CC(OC(=O)c1ccccc1NC(=O)c1cccs1)C(=O)Nc1ccccc1F. The molecule has 0 saturated heterocycles. The van der Waals surface area contributed by atoms with E-state index in [9.17, 15) is 18.8 Å². The Morgan fingerprint density at radius 2 is 1.62 bits per heavy atom. The van der Waals surface area contributed by atoms with Crippen molar-refractivity contribution in [1.29, 1.82) is 0 Å². The minimum absolute atomic E-state index is 0.0102. The average molecular weight is 412 g/mol. The van der Waals surface area contributed by atoms with Gasteiger partial charge in [0.2, 0.25) is 0 Å². The lowest BCUT2D eigenvalue weighted by atomic mass is 10.1. The Hall–Kier alpha value is -3.52. The number of ether oxygens (including phenoxy) is 1. The second-order valence-electron chi connectivity index (χ2n) is 5.99. The first-order valence-electron chi connectivity index (χ1n) is 8.66. The summed E-state index contributed by atoms with van der Waals surface area (Å²) >= 11 is 1.27. The molecule has 3 rings (SSSR count). The van der Waals surface area contributed by atoms with Crippen molar-refractivity contribution in [3.8, 4) is 0 Å². The highest BCUT2D eigenvalue weighted by Gasteiger charge is 2.22. The Kier molecular flexibility index (Phi) is 6.36. The number of esters is 1. The Morgan fingerprint density at radius 3 is 2.31 bits per heavy atom. The van der Waals surface area contributed by atoms with E-state index in [-0.39, 0.29) is 22.8 Å². The Labute approximate surface area is 170 Å². The second-order valence-corrected chi connectivity index (χ2v) is 6.94. The molecular formula is C21H17FN2O4S. The molecular weight excluding hydrogens is 395 g/mol. The van der Waals surface area contributed by atoms with Gasteiger partial charge in [-0.2, -0.15) is 0 Å². The van der Waals surface area contributed by atoms with Crippen LogP contribution in [0.1, 0.15) is 27.0 Å². The Morgan fingerprint density at radius 1 is 0.931 bits per heavy atom. The van der Waals surface area contributed by atoms with Crippen molar-refractivity contribution >= 4 is 40.5 Å². The topological polar surface area (TPSA) is 84.5 Å². The quantitative estimate of drug-likeness (QED) is 0.591. The Bertz CT molecular complexity index is 1040. The summed E-state index contributed by atoms with van der Waals surface area (Å²) < 4.78 is 18.9. The number of thiophene rings is 1. The number of amides is 2. The van der Waals surface area contributed by atoms with E-state index in [2.05, 4.69) is 10.6 Å². The van der Waals surface area contributed by atoms with E-state index in [1.807, 2.05) is 0 Å². The fourth-order valence-electron chi connectivity index (χ4n) is 2.44. The third kappa shape index (κ3) is 5.05. The van der Waals surface area contributed by atoms with Gasteiger partial charge in [-0.05, 0) is 42.6 Å². The molecule has 0 bridgehead atoms. The molecule has 3 aromatic rings. The van der Waals surface area contributed by atoms with Crippen LogP contribution in [0.5, 0.6) is 0 Å². The highest BCUT2D eigenvalue weighted by molar-refractivity contribution is 7.12. The first-order valence-corrected chi connectivity index (χ1v) is 9.54. The number of anilines is 2. The first kappa shape index (κ1) is 20.2. The van der Waals surface area contributed by atoms with Gasteiger partial charge in [-0.3, -0.25) is 9.59 Å². The number of carbonyl (C=O) groups is 3. The van der Waals surface area contributed by atoms with Crippen LogP contribution in [0, 0.1) is 5.82 Å². The predicted molar refractivity (Wildman–Crippen MR) is 109 cm³/mol. The highest BCUT2D eigenvalue weighted by Crippen LogP contribution is 2.20. The van der Waals surface area contributed by atoms with Crippen LogP contribution in [-0.4, -0.2) is 23.9 Å². The molecule has 1 aromatic heterocycles. The average Bonchev–Trinajstić information content (AvgIpc) is 3.25. The zero-order valence-corrected chi connectivity index (χ0v) is 16.2. The van der Waals surface area contributed by atoms with Crippen molar-refractivity contribution in [2.45, 2.75) is 13.0 Å². The smallest absolute Gasteiger partial charge is 0.341 e. The van der Waals surface area contributed by atoms with E-state index in [4.69, 9.17) is 4.74 Å². The lowest BCUT2D eigenvalue weighted by Crippen LogP contribution is -2.30. The molecule has 1 atom stereocenters. The highest BCUT2D eigenvalue weighted by atomic mass is 32.1. The minimum atomic E-state index is -1.18. The van der Waals surface area contributed by atoms with E-state index in [1.54, 1.807) is 41.8 Å². The van der Waals surface area contributed by atoms with Gasteiger partial charge in [0.05, 0.1) is 21.8 Å². The summed E-state index contributed by atoms with van der Waals surface area (Å²) in [6.45, 7) is 1.38. The molecule has 0 fully saturated rings. The van der Waals surface area contributed by atoms with Crippen molar-refractivity contribution < 1.29 is 23.5 Å². The van der Waals surface area contributed by atoms with E-state index >= 15 is 0 Å². The van der Waals surface area contributed by atoms with Gasteiger partial charge in [-0.1, -0.05) is 30.3 Å². The first-order chi connectivity index (χ1) is 14.0. The lowest BCUT2D eigenvalue weighted by Gasteiger charge is -2.15. The van der Waals surface area contributed by atoms with Gasteiger partial charge in [0.1, 0.15) is 5.82 Å². The van der Waals surface area contributed by atoms with Crippen LogP contribution in [0.15, 0.2) is 66.0 Å². The molecule has 6 nitrogen and oxygen atoms in total. The molecule has 2 aromatic carbocycles. The molecule has 0 aliphatic carbocycles. The van der Waals surface area contributed by atoms with Crippen molar-refractivity contribution in [3.63, 3.8) is 0 Å². The summed E-state index contributed by atoms with van der Waals surface area (Å²) in [4.78, 5) is 37.5. The van der Waals surface area contributed by atoms with Crippen LogP contribution < -0.4 is 10.6 Å². The van der Waals surface area contributed by atoms with Gasteiger partial charge in [-0.25, -0.2) is 9.18 Å². The van der Waals surface area contributed by atoms with Crippen LogP contribution >= 0.6 is 11.3 Å². The van der Waals surface area contributed by atoms with Crippen molar-refractivity contribution in [3.05, 3.63) is 82.3 Å². The molecule has 1 heterocycles. The number of rotatable bonds is 6. The number of halogens is 1. The number of carbonyl (C=O) groups excluding carboxylic acids is 3. The molecule has 29 heavy (non-hydrogen) atoms. The summed E-state index contributed by atoms with van der Waals surface area (Å²) in [5.74, 6) is -2.42. The van der Waals surface area contributed by atoms with Gasteiger partial charge in [-0.15, -0.1) is 11.3 Å². The second kappa shape index (κ2) is 9.11. The van der Waals surface area contributed by atoms with Crippen molar-refractivity contribution in [2.24, 2.45) is 0 Å². The standard InChI is InChI=1S/C21H17FN2O4S/c1-13(19(25)24-17-10-5-3-8-15(17)22)28-21(27)14-7-2-4-9-16(14)23-20(26)18-11-6-12-29-18/h2-13H,1H3,(H,23,26)(H,24,25). The van der Waals surface area contributed by atoms with E-state index in [0.717, 1.165) is 0 Å². The molecule has 0 saturated carbocycles.